The summed E-state index contributed by atoms with van der Waals surface area (Å²) in [5.41, 5.74) is 0.186. The molecule has 0 aliphatic carbocycles. The maximum Gasteiger partial charge on any atom is 0.354 e. The van der Waals surface area contributed by atoms with E-state index >= 15 is 0 Å². The molecule has 1 N–H and O–H groups in total. The molecule has 2 aromatic rings. The van der Waals surface area contributed by atoms with Crippen LogP contribution in [-0.4, -0.2) is 25.0 Å². The number of carboxylic acid groups (broad SMARTS) is 1. The number of hydrogen-bond acceptors (Lipinski definition) is 2. The number of nitrogens with zero attached hydrogens (tertiary/aromatic N) is 3. The van der Waals surface area contributed by atoms with E-state index in [0.29, 0.717) is 5.78 Å². The van der Waals surface area contributed by atoms with Crippen LogP contribution in [0.5, 0.6) is 0 Å². The molecule has 0 fully saturated rings. The molecule has 2 rings (SSSR count). The second-order valence-corrected chi connectivity index (χ2v) is 2.53. The Balaban J connectivity index is 0.000000845. The molecule has 2 aromatic heterocycles. The van der Waals surface area contributed by atoms with Crippen molar-refractivity contribution in [3.8, 4) is 0 Å². The highest BCUT2D eigenvalue weighted by molar-refractivity contribution is 5.86. The van der Waals surface area contributed by atoms with Crippen LogP contribution in [0.2, 0.25) is 0 Å². The lowest BCUT2D eigenvalue weighted by molar-refractivity contribution is 0.0689. The molecule has 13 heavy (non-hydrogen) atoms. The van der Waals surface area contributed by atoms with Crippen LogP contribution in [0.1, 0.15) is 10.5 Å². The Labute approximate surface area is 80.0 Å². The Morgan fingerprint density at radius 1 is 1.54 bits per heavy atom. The first-order chi connectivity index (χ1) is 5.70. The van der Waals surface area contributed by atoms with Gasteiger partial charge < -0.3 is 9.67 Å². The molecular formula is C7H8ClN3O2. The summed E-state index contributed by atoms with van der Waals surface area (Å²) in [6.45, 7) is 0. The fraction of sp³-hybridized carbons (Fsp3) is 0.143. The van der Waals surface area contributed by atoms with Gasteiger partial charge in [0.25, 0.3) is 0 Å². The SMILES string of the molecule is Cl.Cn1ccn2c(C(=O)O)cnc12. The number of hydrogen-bond donors (Lipinski definition) is 1. The molecule has 0 spiro atoms. The van der Waals surface area contributed by atoms with Gasteiger partial charge in [-0.2, -0.15) is 0 Å². The van der Waals surface area contributed by atoms with Crippen LogP contribution in [0, 0.1) is 0 Å². The standard InChI is InChI=1S/C7H7N3O2.ClH/c1-9-2-3-10-5(6(11)12)4-8-7(9)10;/h2-4H,1H3,(H,11,12);1H. The van der Waals surface area contributed by atoms with Gasteiger partial charge in [0.1, 0.15) is 0 Å². The van der Waals surface area contributed by atoms with Crippen molar-refractivity contribution >= 4 is 24.2 Å². The van der Waals surface area contributed by atoms with Gasteiger partial charge in [-0.05, 0) is 0 Å². The summed E-state index contributed by atoms with van der Waals surface area (Å²) in [5.74, 6) is -0.332. The van der Waals surface area contributed by atoms with E-state index in [-0.39, 0.29) is 18.1 Å². The highest BCUT2D eigenvalue weighted by Gasteiger charge is 2.11. The molecule has 70 valence electrons. The first kappa shape index (κ1) is 9.60. The molecule has 0 atom stereocenters. The number of carboxylic acids is 1. The van der Waals surface area contributed by atoms with E-state index in [1.54, 1.807) is 17.0 Å². The van der Waals surface area contributed by atoms with Crippen molar-refractivity contribution in [3.63, 3.8) is 0 Å². The molecule has 0 aliphatic rings. The summed E-state index contributed by atoms with van der Waals surface area (Å²) < 4.78 is 3.29. The molecule has 0 unspecified atom stereocenters. The molecule has 0 aromatic carbocycles. The minimum Gasteiger partial charge on any atom is -0.477 e. The highest BCUT2D eigenvalue weighted by Crippen LogP contribution is 2.05. The summed E-state index contributed by atoms with van der Waals surface area (Å²) in [6.07, 6.45) is 4.78. The van der Waals surface area contributed by atoms with Gasteiger partial charge >= 0.3 is 5.97 Å². The topological polar surface area (TPSA) is 59.5 Å². The number of imidazole rings is 2. The van der Waals surface area contributed by atoms with E-state index in [4.69, 9.17) is 5.11 Å². The molecule has 0 saturated heterocycles. The zero-order valence-electron chi connectivity index (χ0n) is 6.84. The summed E-state index contributed by atoms with van der Waals surface area (Å²) in [7, 11) is 1.81. The van der Waals surface area contributed by atoms with E-state index in [2.05, 4.69) is 4.98 Å². The second kappa shape index (κ2) is 3.10. The van der Waals surface area contributed by atoms with Gasteiger partial charge in [-0.15, -0.1) is 12.4 Å². The summed E-state index contributed by atoms with van der Waals surface area (Å²) in [4.78, 5) is 14.6. The number of carbonyl (C=O) groups is 1. The minimum atomic E-state index is -0.964. The maximum absolute atomic E-state index is 10.6. The van der Waals surface area contributed by atoms with Crippen molar-refractivity contribution in [1.82, 2.24) is 14.0 Å². The van der Waals surface area contributed by atoms with Gasteiger partial charge in [-0.25, -0.2) is 9.78 Å². The third-order valence-electron chi connectivity index (χ3n) is 1.75. The third-order valence-corrected chi connectivity index (χ3v) is 1.75. The van der Waals surface area contributed by atoms with Crippen molar-refractivity contribution in [3.05, 3.63) is 24.3 Å². The lowest BCUT2D eigenvalue weighted by Gasteiger charge is -1.88. The number of halogens is 1. The fourth-order valence-electron chi connectivity index (χ4n) is 1.15. The van der Waals surface area contributed by atoms with E-state index in [9.17, 15) is 4.79 Å². The summed E-state index contributed by atoms with van der Waals surface area (Å²) in [5, 5.41) is 8.71. The molecule has 5 nitrogen and oxygen atoms in total. The number of aromatic carboxylic acids is 1. The normalized spacial score (nSPS) is 9.92. The van der Waals surface area contributed by atoms with Gasteiger partial charge in [-0.3, -0.25) is 4.40 Å². The van der Waals surface area contributed by atoms with E-state index in [1.807, 2.05) is 7.05 Å². The van der Waals surface area contributed by atoms with Crippen molar-refractivity contribution in [2.75, 3.05) is 0 Å². The molecule has 6 heteroatoms. The first-order valence-electron chi connectivity index (χ1n) is 3.42. The van der Waals surface area contributed by atoms with Crippen molar-refractivity contribution in [1.29, 1.82) is 0 Å². The molecular weight excluding hydrogens is 194 g/mol. The molecule has 0 saturated carbocycles. The van der Waals surface area contributed by atoms with Gasteiger partial charge in [0.15, 0.2) is 5.69 Å². The fourth-order valence-corrected chi connectivity index (χ4v) is 1.15. The van der Waals surface area contributed by atoms with Gasteiger partial charge in [-0.1, -0.05) is 0 Å². The zero-order chi connectivity index (χ0) is 8.72. The highest BCUT2D eigenvalue weighted by atomic mass is 35.5. The van der Waals surface area contributed by atoms with Gasteiger partial charge in [0, 0.05) is 19.4 Å². The van der Waals surface area contributed by atoms with Gasteiger partial charge in [0.05, 0.1) is 6.20 Å². The minimum absolute atomic E-state index is 0. The number of aromatic nitrogens is 3. The summed E-state index contributed by atoms with van der Waals surface area (Å²) in [6, 6.07) is 0. The molecule has 0 bridgehead atoms. The Morgan fingerprint density at radius 2 is 2.23 bits per heavy atom. The predicted octanol–water partition coefficient (Wildman–Crippen LogP) is 0.793. The first-order valence-corrected chi connectivity index (χ1v) is 3.42. The third kappa shape index (κ3) is 1.27. The zero-order valence-corrected chi connectivity index (χ0v) is 7.65. The molecule has 2 heterocycles. The Kier molecular flexibility index (Phi) is 2.29. The molecule has 0 radical (unpaired) electrons. The van der Waals surface area contributed by atoms with E-state index < -0.39 is 5.97 Å². The Hall–Kier alpha value is -1.49. The predicted molar refractivity (Wildman–Crippen MR) is 48.4 cm³/mol. The quantitative estimate of drug-likeness (QED) is 0.742. The lowest BCUT2D eigenvalue weighted by atomic mass is 10.5. The monoisotopic (exact) mass is 201 g/mol. The van der Waals surface area contributed by atoms with Crippen molar-refractivity contribution < 1.29 is 9.90 Å². The lowest BCUT2D eigenvalue weighted by Crippen LogP contribution is -1.99. The summed E-state index contributed by atoms with van der Waals surface area (Å²) >= 11 is 0. The Bertz CT molecular complexity index is 445. The smallest absolute Gasteiger partial charge is 0.354 e. The second-order valence-electron chi connectivity index (χ2n) is 2.53. The van der Waals surface area contributed by atoms with Gasteiger partial charge in [0.2, 0.25) is 5.78 Å². The number of rotatable bonds is 1. The van der Waals surface area contributed by atoms with Crippen LogP contribution in [0.15, 0.2) is 18.6 Å². The van der Waals surface area contributed by atoms with Crippen LogP contribution < -0.4 is 0 Å². The van der Waals surface area contributed by atoms with Crippen molar-refractivity contribution in [2.24, 2.45) is 7.05 Å². The molecule has 0 aliphatic heterocycles. The van der Waals surface area contributed by atoms with Crippen LogP contribution in [0.4, 0.5) is 0 Å². The van der Waals surface area contributed by atoms with Crippen LogP contribution in [0.25, 0.3) is 5.78 Å². The van der Waals surface area contributed by atoms with Crippen LogP contribution in [-0.2, 0) is 7.05 Å². The van der Waals surface area contributed by atoms with Crippen molar-refractivity contribution in [2.45, 2.75) is 0 Å². The maximum atomic E-state index is 10.6. The molecule has 0 amide bonds. The van der Waals surface area contributed by atoms with Crippen LogP contribution in [0.3, 0.4) is 0 Å². The number of fused-ring (bicyclic) bond motifs is 1. The average Bonchev–Trinajstić information content (AvgIpc) is 2.53. The van der Waals surface area contributed by atoms with Crippen LogP contribution >= 0.6 is 12.4 Å². The number of aryl methyl sites for hydroxylation is 1. The Morgan fingerprint density at radius 3 is 2.85 bits per heavy atom. The largest absolute Gasteiger partial charge is 0.477 e. The average molecular weight is 202 g/mol. The van der Waals surface area contributed by atoms with E-state index in [0.717, 1.165) is 0 Å². The van der Waals surface area contributed by atoms with E-state index in [1.165, 1.54) is 10.6 Å².